The third kappa shape index (κ3) is 5.61. The van der Waals surface area contributed by atoms with Gasteiger partial charge in [0.05, 0.1) is 15.7 Å². The second-order valence-electron chi connectivity index (χ2n) is 3.74. The van der Waals surface area contributed by atoms with Crippen LogP contribution in [-0.2, 0) is 14.3 Å². The second kappa shape index (κ2) is 8.58. The molecule has 0 aliphatic rings. The molecule has 0 aliphatic heterocycles. The van der Waals surface area contributed by atoms with Crippen molar-refractivity contribution >= 4 is 40.7 Å². The van der Waals surface area contributed by atoms with E-state index in [9.17, 15) is 9.59 Å². The van der Waals surface area contributed by atoms with E-state index in [1.807, 2.05) is 0 Å². The van der Waals surface area contributed by atoms with Gasteiger partial charge in [-0.1, -0.05) is 35.3 Å². The predicted molar refractivity (Wildman–Crippen MR) is 79.1 cm³/mol. The summed E-state index contributed by atoms with van der Waals surface area (Å²) >= 11 is 11.7. The first-order valence-corrected chi connectivity index (χ1v) is 6.49. The van der Waals surface area contributed by atoms with Crippen molar-refractivity contribution in [2.75, 3.05) is 25.1 Å². The van der Waals surface area contributed by atoms with E-state index in [2.05, 4.69) is 17.2 Å². The van der Waals surface area contributed by atoms with Gasteiger partial charge in [0.25, 0.3) is 0 Å². The number of hydrogen-bond acceptors (Lipinski definition) is 3. The van der Waals surface area contributed by atoms with Gasteiger partial charge < -0.3 is 15.4 Å². The SMILES string of the molecule is C=CCNC(=O)COCC(=O)Nc1cccc(Cl)c1Cl. The lowest BCUT2D eigenvalue weighted by molar-refractivity contribution is -0.128. The fourth-order valence-corrected chi connectivity index (χ4v) is 1.61. The molecule has 5 nitrogen and oxygen atoms in total. The fourth-order valence-electron chi connectivity index (χ4n) is 1.26. The summed E-state index contributed by atoms with van der Waals surface area (Å²) in [6.45, 7) is 3.35. The van der Waals surface area contributed by atoms with E-state index in [1.54, 1.807) is 24.3 Å². The molecule has 0 bridgehead atoms. The van der Waals surface area contributed by atoms with E-state index in [0.29, 0.717) is 17.3 Å². The molecule has 0 aromatic heterocycles. The summed E-state index contributed by atoms with van der Waals surface area (Å²) in [4.78, 5) is 22.8. The Labute approximate surface area is 126 Å². The van der Waals surface area contributed by atoms with Gasteiger partial charge in [0.2, 0.25) is 11.8 Å². The van der Waals surface area contributed by atoms with Gasteiger partial charge in [-0.2, -0.15) is 0 Å². The van der Waals surface area contributed by atoms with E-state index in [4.69, 9.17) is 27.9 Å². The number of rotatable bonds is 7. The van der Waals surface area contributed by atoms with Gasteiger partial charge in [0.1, 0.15) is 13.2 Å². The lowest BCUT2D eigenvalue weighted by atomic mass is 10.3. The molecule has 2 N–H and O–H groups in total. The number of anilines is 1. The second-order valence-corrected chi connectivity index (χ2v) is 4.52. The van der Waals surface area contributed by atoms with Crippen LogP contribution in [0, 0.1) is 0 Å². The molecule has 20 heavy (non-hydrogen) atoms. The summed E-state index contributed by atoms with van der Waals surface area (Å²) in [7, 11) is 0. The minimum atomic E-state index is -0.425. The molecule has 0 aliphatic carbocycles. The summed E-state index contributed by atoms with van der Waals surface area (Å²) < 4.78 is 4.96. The Morgan fingerprint density at radius 2 is 1.95 bits per heavy atom. The molecule has 0 saturated heterocycles. The van der Waals surface area contributed by atoms with Crippen LogP contribution >= 0.6 is 23.2 Å². The molecule has 0 spiro atoms. The maximum Gasteiger partial charge on any atom is 0.250 e. The van der Waals surface area contributed by atoms with Crippen LogP contribution in [0.4, 0.5) is 5.69 Å². The van der Waals surface area contributed by atoms with Gasteiger partial charge in [-0.3, -0.25) is 9.59 Å². The molecule has 0 saturated carbocycles. The van der Waals surface area contributed by atoms with Crippen LogP contribution in [0.1, 0.15) is 0 Å². The molecule has 0 radical (unpaired) electrons. The standard InChI is InChI=1S/C13H14Cl2N2O3/c1-2-6-16-11(18)7-20-8-12(19)17-10-5-3-4-9(14)13(10)15/h2-5H,1,6-8H2,(H,16,18)(H,17,19). The van der Waals surface area contributed by atoms with E-state index in [1.165, 1.54) is 0 Å². The third-order valence-corrected chi connectivity index (χ3v) is 2.95. The molecule has 2 amide bonds. The Hall–Kier alpha value is -1.56. The number of carbonyl (C=O) groups excluding carboxylic acids is 2. The van der Waals surface area contributed by atoms with Crippen molar-refractivity contribution in [3.05, 3.63) is 40.9 Å². The number of hydrogen-bond donors (Lipinski definition) is 2. The molecule has 0 fully saturated rings. The van der Waals surface area contributed by atoms with Gasteiger partial charge in [-0.05, 0) is 12.1 Å². The molecular weight excluding hydrogens is 303 g/mol. The molecular formula is C13H14Cl2N2O3. The lowest BCUT2D eigenvalue weighted by Gasteiger charge is -2.08. The zero-order valence-corrected chi connectivity index (χ0v) is 12.1. The van der Waals surface area contributed by atoms with Gasteiger partial charge >= 0.3 is 0 Å². The topological polar surface area (TPSA) is 67.4 Å². The van der Waals surface area contributed by atoms with E-state index in [-0.39, 0.29) is 24.1 Å². The fraction of sp³-hybridized carbons (Fsp3) is 0.231. The maximum absolute atomic E-state index is 11.6. The molecule has 1 rings (SSSR count). The van der Waals surface area contributed by atoms with Crippen LogP contribution in [-0.4, -0.2) is 31.6 Å². The first kappa shape index (κ1) is 16.5. The summed E-state index contributed by atoms with van der Waals surface area (Å²) in [5, 5.41) is 5.66. The van der Waals surface area contributed by atoms with Crippen molar-refractivity contribution in [3.63, 3.8) is 0 Å². The minimum Gasteiger partial charge on any atom is -0.362 e. The molecule has 0 atom stereocenters. The summed E-state index contributed by atoms with van der Waals surface area (Å²) in [5.74, 6) is -0.746. The van der Waals surface area contributed by atoms with Crippen LogP contribution in [0.2, 0.25) is 10.0 Å². The number of benzene rings is 1. The zero-order valence-electron chi connectivity index (χ0n) is 10.6. The highest BCUT2D eigenvalue weighted by molar-refractivity contribution is 6.43. The van der Waals surface area contributed by atoms with E-state index < -0.39 is 5.91 Å². The van der Waals surface area contributed by atoms with Crippen LogP contribution in [0.15, 0.2) is 30.9 Å². The highest BCUT2D eigenvalue weighted by atomic mass is 35.5. The quantitative estimate of drug-likeness (QED) is 0.758. The molecule has 1 aromatic carbocycles. The van der Waals surface area contributed by atoms with Crippen molar-refractivity contribution < 1.29 is 14.3 Å². The maximum atomic E-state index is 11.6. The van der Waals surface area contributed by atoms with Crippen LogP contribution < -0.4 is 10.6 Å². The van der Waals surface area contributed by atoms with Crippen molar-refractivity contribution in [2.45, 2.75) is 0 Å². The number of ether oxygens (including phenoxy) is 1. The van der Waals surface area contributed by atoms with Crippen LogP contribution in [0.3, 0.4) is 0 Å². The Balaban J connectivity index is 2.35. The predicted octanol–water partition coefficient (Wildman–Crippen LogP) is 2.25. The Morgan fingerprint density at radius 3 is 2.65 bits per heavy atom. The molecule has 108 valence electrons. The van der Waals surface area contributed by atoms with Crippen LogP contribution in [0.5, 0.6) is 0 Å². The Bertz CT molecular complexity index is 506. The average molecular weight is 317 g/mol. The number of halogens is 2. The molecule has 1 aromatic rings. The summed E-state index contributed by atoms with van der Waals surface area (Å²) in [6, 6.07) is 4.89. The molecule has 0 unspecified atom stereocenters. The van der Waals surface area contributed by atoms with Crippen LogP contribution in [0.25, 0.3) is 0 Å². The van der Waals surface area contributed by atoms with Gasteiger partial charge in [0, 0.05) is 6.54 Å². The summed E-state index contributed by atoms with van der Waals surface area (Å²) in [5.41, 5.74) is 0.392. The zero-order chi connectivity index (χ0) is 15.0. The first-order chi connectivity index (χ1) is 9.54. The van der Waals surface area contributed by atoms with Gasteiger partial charge in [-0.15, -0.1) is 6.58 Å². The average Bonchev–Trinajstić information content (AvgIpc) is 2.41. The number of carbonyl (C=O) groups is 2. The Kier molecular flexibility index (Phi) is 7.08. The monoisotopic (exact) mass is 316 g/mol. The smallest absolute Gasteiger partial charge is 0.250 e. The normalized spacial score (nSPS) is 9.90. The summed E-state index contributed by atoms with van der Waals surface area (Å²) in [6.07, 6.45) is 1.55. The molecule has 7 heteroatoms. The number of amides is 2. The highest BCUT2D eigenvalue weighted by Gasteiger charge is 2.09. The largest absolute Gasteiger partial charge is 0.362 e. The lowest BCUT2D eigenvalue weighted by Crippen LogP contribution is -2.29. The molecule has 0 heterocycles. The Morgan fingerprint density at radius 1 is 1.25 bits per heavy atom. The van der Waals surface area contributed by atoms with Crippen molar-refractivity contribution in [1.29, 1.82) is 0 Å². The number of nitrogens with one attached hydrogen (secondary N) is 2. The van der Waals surface area contributed by atoms with Gasteiger partial charge in [0.15, 0.2) is 0 Å². The van der Waals surface area contributed by atoms with Gasteiger partial charge in [-0.25, -0.2) is 0 Å². The van der Waals surface area contributed by atoms with Crippen molar-refractivity contribution in [2.24, 2.45) is 0 Å². The van der Waals surface area contributed by atoms with E-state index >= 15 is 0 Å². The van der Waals surface area contributed by atoms with Crippen molar-refractivity contribution in [3.8, 4) is 0 Å². The van der Waals surface area contributed by atoms with Crippen molar-refractivity contribution in [1.82, 2.24) is 5.32 Å². The minimum absolute atomic E-state index is 0.204. The first-order valence-electron chi connectivity index (χ1n) is 5.73. The highest BCUT2D eigenvalue weighted by Crippen LogP contribution is 2.29. The third-order valence-electron chi connectivity index (χ3n) is 2.14. The van der Waals surface area contributed by atoms with E-state index in [0.717, 1.165) is 0 Å².